The Morgan fingerprint density at radius 2 is 0.617 bits per heavy atom. The SMILES string of the molecule is CC/C=C\C/C=C\C/C=C\C/C=C\C/C=C\CC(=O)OCC(COP(=O)(O)OCC(O)COP(=O)(O)OCC(COC(=O)CCCCCCC/C=C\C/C=C\CCC)OC(=O)CCCCCCC/C=C\C/C=C\CCC)OC(=O)CCCCCCCCCCCCCCC. The number of allylic oxidation sites excluding steroid dienone is 17. The van der Waals surface area contributed by atoms with E-state index in [1.54, 1.807) is 6.08 Å². The smallest absolute Gasteiger partial charge is 0.462 e. The van der Waals surface area contributed by atoms with E-state index in [1.807, 2.05) is 18.2 Å². The van der Waals surface area contributed by atoms with Crippen LogP contribution in [-0.4, -0.2) is 96.7 Å². The van der Waals surface area contributed by atoms with E-state index in [0.717, 1.165) is 154 Å². The number of unbranched alkanes of at least 4 members (excludes halogenated alkanes) is 24. The van der Waals surface area contributed by atoms with Crippen LogP contribution >= 0.6 is 15.6 Å². The van der Waals surface area contributed by atoms with Crippen molar-refractivity contribution in [3.05, 3.63) is 109 Å². The Bertz CT molecular complexity index is 2220. The van der Waals surface area contributed by atoms with Crippen molar-refractivity contribution in [2.75, 3.05) is 39.6 Å². The van der Waals surface area contributed by atoms with Gasteiger partial charge in [0.25, 0.3) is 0 Å². The lowest BCUT2D eigenvalue weighted by atomic mass is 10.0. The number of esters is 4. The van der Waals surface area contributed by atoms with Gasteiger partial charge in [-0.1, -0.05) is 265 Å². The van der Waals surface area contributed by atoms with Crippen molar-refractivity contribution < 1.29 is 80.2 Å². The fraction of sp³-hybridized carbons (Fsp3) is 0.707. The molecule has 0 aliphatic rings. The Kier molecular flexibility index (Phi) is 64.2. The summed E-state index contributed by atoms with van der Waals surface area (Å²) in [5.41, 5.74) is 0. The van der Waals surface area contributed by atoms with Crippen LogP contribution in [-0.2, 0) is 65.4 Å². The summed E-state index contributed by atoms with van der Waals surface area (Å²) < 4.78 is 68.1. The van der Waals surface area contributed by atoms with Crippen molar-refractivity contribution in [2.24, 2.45) is 0 Å². The average Bonchev–Trinajstić information content (AvgIpc) is 1.67. The number of rotatable bonds is 67. The maximum absolute atomic E-state index is 13.0. The van der Waals surface area contributed by atoms with E-state index in [-0.39, 0.29) is 25.7 Å². The quantitative estimate of drug-likeness (QED) is 0.0169. The van der Waals surface area contributed by atoms with Gasteiger partial charge in [0.1, 0.15) is 19.3 Å². The van der Waals surface area contributed by atoms with E-state index in [2.05, 4.69) is 113 Å². The van der Waals surface area contributed by atoms with Gasteiger partial charge in [-0.05, 0) is 103 Å². The van der Waals surface area contributed by atoms with Crippen molar-refractivity contribution in [3.8, 4) is 0 Å². The molecule has 0 fully saturated rings. The number of aliphatic hydroxyl groups excluding tert-OH is 1. The molecule has 0 aromatic carbocycles. The molecule has 0 saturated carbocycles. The molecule has 5 unspecified atom stereocenters. The van der Waals surface area contributed by atoms with E-state index in [0.29, 0.717) is 25.7 Å². The molecule has 19 heteroatoms. The van der Waals surface area contributed by atoms with Crippen molar-refractivity contribution in [1.29, 1.82) is 0 Å². The molecule has 0 heterocycles. The lowest BCUT2D eigenvalue weighted by molar-refractivity contribution is -0.161. The molecule has 0 amide bonds. The van der Waals surface area contributed by atoms with Gasteiger partial charge in [-0.2, -0.15) is 0 Å². The first-order chi connectivity index (χ1) is 45.7. The monoisotopic (exact) mass is 1360 g/mol. The molecule has 0 radical (unpaired) electrons. The van der Waals surface area contributed by atoms with E-state index >= 15 is 0 Å². The zero-order valence-corrected chi connectivity index (χ0v) is 60.4. The Labute approximate surface area is 569 Å². The molecular weight excluding hydrogens is 1230 g/mol. The second-order valence-electron chi connectivity index (χ2n) is 23.8. The molecule has 3 N–H and O–H groups in total. The summed E-state index contributed by atoms with van der Waals surface area (Å²) >= 11 is 0. The second kappa shape index (κ2) is 67.3. The number of carbonyl (C=O) groups excluding carboxylic acids is 4. The second-order valence-corrected chi connectivity index (χ2v) is 26.7. The van der Waals surface area contributed by atoms with E-state index in [1.165, 1.54) is 51.4 Å². The fourth-order valence-electron chi connectivity index (χ4n) is 9.25. The molecule has 0 aliphatic carbocycles. The molecule has 5 atom stereocenters. The molecule has 0 bridgehead atoms. The molecule has 0 aromatic heterocycles. The molecule has 94 heavy (non-hydrogen) atoms. The van der Waals surface area contributed by atoms with Crippen LogP contribution in [0.3, 0.4) is 0 Å². The topological polar surface area (TPSA) is 237 Å². The van der Waals surface area contributed by atoms with Crippen molar-refractivity contribution in [1.82, 2.24) is 0 Å². The lowest BCUT2D eigenvalue weighted by Crippen LogP contribution is -2.30. The molecule has 0 spiro atoms. The number of aliphatic hydroxyl groups is 1. The molecule has 0 aliphatic heterocycles. The first-order valence-corrected chi connectivity index (χ1v) is 39.1. The summed E-state index contributed by atoms with van der Waals surface area (Å²) in [5.74, 6) is -2.35. The molecule has 0 aromatic rings. The lowest BCUT2D eigenvalue weighted by Gasteiger charge is -2.21. The summed E-state index contributed by atoms with van der Waals surface area (Å²) in [6.45, 7) is 4.47. The van der Waals surface area contributed by atoms with Crippen molar-refractivity contribution >= 4 is 39.5 Å². The third kappa shape index (κ3) is 66.3. The van der Waals surface area contributed by atoms with Gasteiger partial charge in [-0.3, -0.25) is 37.3 Å². The predicted molar refractivity (Wildman–Crippen MR) is 381 cm³/mol. The number of hydrogen-bond donors (Lipinski definition) is 3. The number of ether oxygens (including phenoxy) is 4. The van der Waals surface area contributed by atoms with Crippen molar-refractivity contribution in [2.45, 2.75) is 303 Å². The maximum Gasteiger partial charge on any atom is 0.472 e. The Morgan fingerprint density at radius 3 is 0.989 bits per heavy atom. The molecule has 0 rings (SSSR count). The zero-order chi connectivity index (χ0) is 69.0. The summed E-state index contributed by atoms with van der Waals surface area (Å²) in [5, 5.41) is 10.6. The summed E-state index contributed by atoms with van der Waals surface area (Å²) in [6.07, 6.45) is 69.8. The Hall–Kier alpha value is -4.28. The standard InChI is InChI=1S/C75H128O17P2/c1-5-9-13-17-21-25-29-33-34-38-40-44-48-52-56-60-73(78)86-66-71(92-75(80)62-58-54-50-46-42-37-32-28-24-20-16-12-8-4)68-90-94(83,84)88-64-69(76)63-87-93(81,82)89-67-70(91-74(79)61-57-53-49-45-41-36-31-27-23-19-15-11-7-3)65-85-72(77)59-55-51-47-43-39-35-30-26-22-18-14-10-6-2/h9,13-15,18-19,21,25-27,30-31,33-34,40,44,52,56,69-71,76H,5-8,10-12,16-17,20,22-24,28-29,32,35-39,41-43,45-51,53-55,57-68H2,1-4H3,(H,81,82)(H,83,84)/b13-9-,18-14-,19-15-,25-21-,30-26-,31-27-,34-33-,44-40-,56-52-. The van der Waals surface area contributed by atoms with Crippen LogP contribution in [0.2, 0.25) is 0 Å². The normalized spacial score (nSPS) is 14.7. The maximum atomic E-state index is 13.0. The van der Waals surface area contributed by atoms with E-state index < -0.39 is 97.5 Å². The number of hydrogen-bond acceptors (Lipinski definition) is 15. The minimum atomic E-state index is -4.99. The Morgan fingerprint density at radius 1 is 0.319 bits per heavy atom. The van der Waals surface area contributed by atoms with Crippen LogP contribution in [0.25, 0.3) is 0 Å². The zero-order valence-electron chi connectivity index (χ0n) is 58.6. The van der Waals surface area contributed by atoms with E-state index in [4.69, 9.17) is 37.0 Å². The summed E-state index contributed by atoms with van der Waals surface area (Å²) in [4.78, 5) is 72.6. The van der Waals surface area contributed by atoms with Gasteiger partial charge in [-0.25, -0.2) is 9.13 Å². The summed E-state index contributed by atoms with van der Waals surface area (Å²) in [6, 6.07) is 0. The van der Waals surface area contributed by atoms with Gasteiger partial charge in [0.15, 0.2) is 12.2 Å². The summed E-state index contributed by atoms with van der Waals surface area (Å²) in [7, 11) is -9.97. The largest absolute Gasteiger partial charge is 0.472 e. The highest BCUT2D eigenvalue weighted by Gasteiger charge is 2.30. The van der Waals surface area contributed by atoms with Gasteiger partial charge >= 0.3 is 39.5 Å². The molecule has 17 nitrogen and oxygen atoms in total. The first-order valence-electron chi connectivity index (χ1n) is 36.1. The third-order valence-corrected chi connectivity index (χ3v) is 16.6. The average molecular weight is 1360 g/mol. The van der Waals surface area contributed by atoms with Crippen LogP contribution in [0.1, 0.15) is 285 Å². The predicted octanol–water partition coefficient (Wildman–Crippen LogP) is 20.2. The molecule has 0 saturated heterocycles. The highest BCUT2D eigenvalue weighted by Crippen LogP contribution is 2.45. The van der Waals surface area contributed by atoms with Crippen LogP contribution < -0.4 is 0 Å². The van der Waals surface area contributed by atoms with Crippen LogP contribution in [0, 0.1) is 0 Å². The highest BCUT2D eigenvalue weighted by molar-refractivity contribution is 7.47. The van der Waals surface area contributed by atoms with Gasteiger partial charge in [0.05, 0.1) is 32.8 Å². The molecular formula is C75H128O17P2. The number of phosphoric ester groups is 2. The number of carbonyl (C=O) groups is 4. The van der Waals surface area contributed by atoms with Crippen LogP contribution in [0.15, 0.2) is 109 Å². The van der Waals surface area contributed by atoms with E-state index in [9.17, 15) is 43.2 Å². The molecule has 540 valence electrons. The fourth-order valence-corrected chi connectivity index (χ4v) is 10.8. The van der Waals surface area contributed by atoms with Crippen LogP contribution in [0.5, 0.6) is 0 Å². The Balaban J connectivity index is 5.41. The van der Waals surface area contributed by atoms with Gasteiger partial charge < -0.3 is 33.8 Å². The van der Waals surface area contributed by atoms with Crippen LogP contribution in [0.4, 0.5) is 0 Å². The minimum Gasteiger partial charge on any atom is -0.462 e. The number of phosphoric acid groups is 2. The van der Waals surface area contributed by atoms with Gasteiger partial charge in [0.2, 0.25) is 0 Å². The van der Waals surface area contributed by atoms with Gasteiger partial charge in [-0.15, -0.1) is 0 Å². The first kappa shape index (κ1) is 89.7. The minimum absolute atomic E-state index is 0.0701. The van der Waals surface area contributed by atoms with Crippen molar-refractivity contribution in [3.63, 3.8) is 0 Å². The van der Waals surface area contributed by atoms with Gasteiger partial charge in [0, 0.05) is 19.3 Å². The third-order valence-electron chi connectivity index (χ3n) is 14.7. The highest BCUT2D eigenvalue weighted by atomic mass is 31.2.